The number of likely N-dealkylation sites (tertiary alicyclic amines) is 1. The van der Waals surface area contributed by atoms with Crippen LogP contribution in [-0.4, -0.2) is 47.5 Å². The first-order valence-corrected chi connectivity index (χ1v) is 8.78. The molecule has 5 heteroatoms. The monoisotopic (exact) mass is 316 g/mol. The maximum absolute atomic E-state index is 12.8. The summed E-state index contributed by atoms with van der Waals surface area (Å²) < 4.78 is 0. The van der Waals surface area contributed by atoms with Gasteiger partial charge in [0.05, 0.1) is 0 Å². The maximum Gasteiger partial charge on any atom is 0.226 e. The first kappa shape index (κ1) is 16.2. The van der Waals surface area contributed by atoms with E-state index in [-0.39, 0.29) is 18.0 Å². The van der Waals surface area contributed by atoms with Gasteiger partial charge in [-0.05, 0) is 51.2 Å². The predicted molar refractivity (Wildman–Crippen MR) is 92.3 cm³/mol. The third-order valence-corrected chi connectivity index (χ3v) is 5.26. The molecule has 2 N–H and O–H groups in total. The molecule has 2 saturated heterocycles. The molecule has 1 aromatic rings. The van der Waals surface area contributed by atoms with Crippen LogP contribution in [0, 0.1) is 12.8 Å². The first-order chi connectivity index (χ1) is 11.0. The molecule has 5 nitrogen and oxygen atoms in total. The van der Waals surface area contributed by atoms with Crippen molar-refractivity contribution < 1.29 is 4.79 Å². The summed E-state index contributed by atoms with van der Waals surface area (Å²) in [5.74, 6) is 1.52. The van der Waals surface area contributed by atoms with E-state index in [2.05, 4.69) is 33.8 Å². The number of carbonyl (C=O) groups is 1. The van der Waals surface area contributed by atoms with Crippen molar-refractivity contribution in [2.45, 2.75) is 51.6 Å². The average Bonchev–Trinajstić information content (AvgIpc) is 2.55. The molecule has 0 aliphatic carbocycles. The third-order valence-electron chi connectivity index (χ3n) is 5.26. The number of anilines is 1. The molecule has 3 heterocycles. The van der Waals surface area contributed by atoms with E-state index in [1.54, 1.807) is 0 Å². The zero-order chi connectivity index (χ0) is 16.4. The van der Waals surface area contributed by atoms with E-state index in [0.717, 1.165) is 51.1 Å². The van der Waals surface area contributed by atoms with Crippen molar-refractivity contribution in [2.24, 2.45) is 11.7 Å². The predicted octanol–water partition coefficient (Wildman–Crippen LogP) is 1.94. The highest BCUT2D eigenvalue weighted by atomic mass is 16.2. The molecular formula is C18H28N4O. The summed E-state index contributed by atoms with van der Waals surface area (Å²) in [6.45, 7) is 6.82. The Kier molecular flexibility index (Phi) is 4.85. The minimum atomic E-state index is 0.161. The van der Waals surface area contributed by atoms with Gasteiger partial charge in [-0.2, -0.15) is 0 Å². The van der Waals surface area contributed by atoms with Gasteiger partial charge >= 0.3 is 0 Å². The molecule has 1 aromatic heterocycles. The molecule has 0 saturated carbocycles. The van der Waals surface area contributed by atoms with Crippen LogP contribution >= 0.6 is 0 Å². The van der Waals surface area contributed by atoms with Gasteiger partial charge in [0.1, 0.15) is 5.82 Å². The van der Waals surface area contributed by atoms with Crippen LogP contribution in [0.3, 0.4) is 0 Å². The van der Waals surface area contributed by atoms with Gasteiger partial charge in [0.15, 0.2) is 0 Å². The van der Waals surface area contributed by atoms with E-state index in [1.807, 2.05) is 13.1 Å². The fraction of sp³-hybridized carbons (Fsp3) is 0.667. The van der Waals surface area contributed by atoms with Crippen molar-refractivity contribution in [3.63, 3.8) is 0 Å². The zero-order valence-electron chi connectivity index (χ0n) is 14.2. The second-order valence-electron chi connectivity index (χ2n) is 7.12. The van der Waals surface area contributed by atoms with Crippen molar-refractivity contribution in [3.05, 3.63) is 23.9 Å². The Morgan fingerprint density at radius 3 is 2.57 bits per heavy atom. The summed E-state index contributed by atoms with van der Waals surface area (Å²) in [6, 6.07) is 4.70. The van der Waals surface area contributed by atoms with Gasteiger partial charge in [-0.25, -0.2) is 4.98 Å². The van der Waals surface area contributed by atoms with Gasteiger partial charge in [-0.1, -0.05) is 6.07 Å². The molecular weight excluding hydrogens is 288 g/mol. The Labute approximate surface area is 138 Å². The SMILES string of the molecule is Cc1ccc(N2CCC(C(=O)N3CC[C@@H](N)C[C@H]3C)CC2)nc1. The second-order valence-corrected chi connectivity index (χ2v) is 7.12. The van der Waals surface area contributed by atoms with Crippen molar-refractivity contribution >= 4 is 11.7 Å². The van der Waals surface area contributed by atoms with Crippen molar-refractivity contribution in [1.29, 1.82) is 0 Å². The molecule has 2 fully saturated rings. The molecule has 2 aliphatic heterocycles. The van der Waals surface area contributed by atoms with Crippen molar-refractivity contribution in [2.75, 3.05) is 24.5 Å². The quantitative estimate of drug-likeness (QED) is 0.906. The summed E-state index contributed by atoms with van der Waals surface area (Å²) in [4.78, 5) is 21.7. The van der Waals surface area contributed by atoms with Crippen LogP contribution < -0.4 is 10.6 Å². The first-order valence-electron chi connectivity index (χ1n) is 8.78. The number of hydrogen-bond acceptors (Lipinski definition) is 4. The third kappa shape index (κ3) is 3.66. The van der Waals surface area contributed by atoms with Gasteiger partial charge in [0, 0.05) is 43.8 Å². The van der Waals surface area contributed by atoms with Crippen LogP contribution in [0.5, 0.6) is 0 Å². The lowest BCUT2D eigenvalue weighted by atomic mass is 9.92. The van der Waals surface area contributed by atoms with Crippen LogP contribution in [0.15, 0.2) is 18.3 Å². The van der Waals surface area contributed by atoms with Gasteiger partial charge in [-0.15, -0.1) is 0 Å². The van der Waals surface area contributed by atoms with E-state index < -0.39 is 0 Å². The number of pyridine rings is 1. The minimum absolute atomic E-state index is 0.161. The summed E-state index contributed by atoms with van der Waals surface area (Å²) in [7, 11) is 0. The Balaban J connectivity index is 1.56. The van der Waals surface area contributed by atoms with Crippen molar-refractivity contribution in [1.82, 2.24) is 9.88 Å². The second kappa shape index (κ2) is 6.87. The highest BCUT2D eigenvalue weighted by Gasteiger charge is 2.33. The number of nitrogens with zero attached hydrogens (tertiary/aromatic N) is 3. The fourth-order valence-electron chi connectivity index (χ4n) is 3.77. The highest BCUT2D eigenvalue weighted by molar-refractivity contribution is 5.79. The topological polar surface area (TPSA) is 62.5 Å². The molecule has 23 heavy (non-hydrogen) atoms. The Morgan fingerprint density at radius 1 is 1.22 bits per heavy atom. The summed E-state index contributed by atoms with van der Waals surface area (Å²) in [5.41, 5.74) is 7.18. The average molecular weight is 316 g/mol. The molecule has 0 spiro atoms. The maximum atomic E-state index is 12.8. The molecule has 2 aliphatic rings. The number of rotatable bonds is 2. The Morgan fingerprint density at radius 2 is 1.96 bits per heavy atom. The Hall–Kier alpha value is -1.62. The van der Waals surface area contributed by atoms with E-state index in [9.17, 15) is 4.79 Å². The Bertz CT molecular complexity index is 536. The van der Waals surface area contributed by atoms with Crippen LogP contribution in [0.25, 0.3) is 0 Å². The minimum Gasteiger partial charge on any atom is -0.357 e. The molecule has 126 valence electrons. The van der Waals surface area contributed by atoms with Crippen LogP contribution in [-0.2, 0) is 4.79 Å². The van der Waals surface area contributed by atoms with E-state index in [4.69, 9.17) is 5.73 Å². The van der Waals surface area contributed by atoms with Crippen LogP contribution in [0.2, 0.25) is 0 Å². The fourth-order valence-corrected chi connectivity index (χ4v) is 3.77. The van der Waals surface area contributed by atoms with E-state index in [0.29, 0.717) is 5.91 Å². The molecule has 3 rings (SSSR count). The van der Waals surface area contributed by atoms with E-state index in [1.165, 1.54) is 5.56 Å². The smallest absolute Gasteiger partial charge is 0.226 e. The van der Waals surface area contributed by atoms with Crippen LogP contribution in [0.1, 0.15) is 38.2 Å². The zero-order valence-corrected chi connectivity index (χ0v) is 14.2. The molecule has 2 atom stereocenters. The molecule has 0 radical (unpaired) electrons. The van der Waals surface area contributed by atoms with E-state index >= 15 is 0 Å². The van der Waals surface area contributed by atoms with Crippen LogP contribution in [0.4, 0.5) is 5.82 Å². The molecule has 1 amide bonds. The molecule has 0 bridgehead atoms. The summed E-state index contributed by atoms with van der Waals surface area (Å²) >= 11 is 0. The van der Waals surface area contributed by atoms with Gasteiger partial charge < -0.3 is 15.5 Å². The standard InChI is InChI=1S/C18H28N4O/c1-13-3-4-17(20-12-13)21-8-5-15(6-9-21)18(23)22-10-7-16(19)11-14(22)2/h3-4,12,14-16H,5-11,19H2,1-2H3/t14-,16-/m1/s1. The number of aryl methyl sites for hydroxylation is 1. The molecule has 0 aromatic carbocycles. The van der Waals surface area contributed by atoms with Crippen molar-refractivity contribution in [3.8, 4) is 0 Å². The van der Waals surface area contributed by atoms with Gasteiger partial charge in [0.25, 0.3) is 0 Å². The number of amides is 1. The number of aromatic nitrogens is 1. The number of carbonyl (C=O) groups excluding carboxylic acids is 1. The lowest BCUT2D eigenvalue weighted by Gasteiger charge is -2.40. The lowest BCUT2D eigenvalue weighted by molar-refractivity contribution is -0.139. The van der Waals surface area contributed by atoms with Gasteiger partial charge in [0.2, 0.25) is 5.91 Å². The lowest BCUT2D eigenvalue weighted by Crippen LogP contribution is -2.51. The largest absolute Gasteiger partial charge is 0.357 e. The number of piperidine rings is 2. The summed E-state index contributed by atoms with van der Waals surface area (Å²) in [6.07, 6.45) is 5.61. The highest BCUT2D eigenvalue weighted by Crippen LogP contribution is 2.26. The summed E-state index contributed by atoms with van der Waals surface area (Å²) in [5, 5.41) is 0. The number of nitrogens with two attached hydrogens (primary N) is 1. The van der Waals surface area contributed by atoms with Gasteiger partial charge in [-0.3, -0.25) is 4.79 Å². The normalized spacial score (nSPS) is 26.4. The number of hydrogen-bond donors (Lipinski definition) is 1. The molecule has 0 unspecified atom stereocenters.